The van der Waals surface area contributed by atoms with Crippen molar-refractivity contribution < 1.29 is 4.79 Å². The molecule has 0 atom stereocenters. The molecule has 0 fully saturated rings. The largest absolute Gasteiger partial charge is 0.330 e. The highest BCUT2D eigenvalue weighted by Gasteiger charge is 2.05. The van der Waals surface area contributed by atoms with Crippen molar-refractivity contribution in [1.29, 1.82) is 0 Å². The van der Waals surface area contributed by atoms with Gasteiger partial charge in [0, 0.05) is 17.4 Å². The van der Waals surface area contributed by atoms with Gasteiger partial charge in [-0.05, 0) is 19.1 Å². The summed E-state index contributed by atoms with van der Waals surface area (Å²) < 4.78 is 0.900. The van der Waals surface area contributed by atoms with Crippen LogP contribution in [0.1, 0.15) is 5.69 Å². The van der Waals surface area contributed by atoms with Crippen molar-refractivity contribution >= 4 is 11.7 Å². The van der Waals surface area contributed by atoms with E-state index in [1.165, 1.54) is 6.07 Å². The fourth-order valence-corrected chi connectivity index (χ4v) is 1.63. The van der Waals surface area contributed by atoms with Crippen molar-refractivity contribution in [1.82, 2.24) is 14.9 Å². The standard InChI is InChI=1S/C13H14N4O3/c1-9-7-11(18)17(13(20)15-9)8-14-12(19)16-10-5-3-2-4-6-10/h2-7H,8H2,1H3,(H,15,20)(H2,14,16,19). The van der Waals surface area contributed by atoms with Crippen molar-refractivity contribution in [2.45, 2.75) is 13.6 Å². The number of aryl methyl sites for hydroxylation is 1. The number of H-pyrrole nitrogens is 1. The van der Waals surface area contributed by atoms with Crippen LogP contribution in [-0.2, 0) is 6.67 Å². The molecule has 7 heteroatoms. The molecule has 2 amide bonds. The first-order valence-electron chi connectivity index (χ1n) is 5.97. The summed E-state index contributed by atoms with van der Waals surface area (Å²) in [6.07, 6.45) is 0. The Morgan fingerprint density at radius 3 is 2.60 bits per heavy atom. The first-order valence-corrected chi connectivity index (χ1v) is 5.97. The number of hydrogen-bond acceptors (Lipinski definition) is 3. The van der Waals surface area contributed by atoms with Crippen LogP contribution < -0.4 is 21.9 Å². The van der Waals surface area contributed by atoms with Gasteiger partial charge in [0.1, 0.15) is 6.67 Å². The van der Waals surface area contributed by atoms with Crippen LogP contribution in [0, 0.1) is 6.92 Å². The van der Waals surface area contributed by atoms with E-state index in [9.17, 15) is 14.4 Å². The Hall–Kier alpha value is -2.83. The number of carbonyl (C=O) groups is 1. The van der Waals surface area contributed by atoms with Crippen LogP contribution in [0.2, 0.25) is 0 Å². The lowest BCUT2D eigenvalue weighted by molar-refractivity contribution is 0.249. The summed E-state index contributed by atoms with van der Waals surface area (Å²) in [7, 11) is 0. The molecular formula is C13H14N4O3. The summed E-state index contributed by atoms with van der Waals surface area (Å²) in [5, 5.41) is 5.03. The summed E-state index contributed by atoms with van der Waals surface area (Å²) in [6.45, 7) is 1.41. The number of rotatable bonds is 3. The summed E-state index contributed by atoms with van der Waals surface area (Å²) in [5.74, 6) is 0. The van der Waals surface area contributed by atoms with E-state index in [2.05, 4.69) is 15.6 Å². The first-order chi connectivity index (χ1) is 9.56. The number of urea groups is 1. The fourth-order valence-electron chi connectivity index (χ4n) is 1.63. The van der Waals surface area contributed by atoms with Crippen LogP contribution in [0.5, 0.6) is 0 Å². The number of benzene rings is 1. The van der Waals surface area contributed by atoms with Gasteiger partial charge in [0.15, 0.2) is 0 Å². The van der Waals surface area contributed by atoms with Gasteiger partial charge < -0.3 is 15.6 Å². The van der Waals surface area contributed by atoms with Crippen molar-refractivity contribution in [3.8, 4) is 0 Å². The number of hydrogen-bond donors (Lipinski definition) is 3. The normalized spacial score (nSPS) is 10.1. The summed E-state index contributed by atoms with van der Waals surface area (Å²) in [6, 6.07) is 9.64. The van der Waals surface area contributed by atoms with Crippen molar-refractivity contribution in [2.75, 3.05) is 5.32 Å². The van der Waals surface area contributed by atoms with Gasteiger partial charge >= 0.3 is 11.7 Å². The maximum absolute atomic E-state index is 11.6. The number of anilines is 1. The second-order valence-electron chi connectivity index (χ2n) is 4.18. The zero-order chi connectivity index (χ0) is 14.5. The summed E-state index contributed by atoms with van der Waals surface area (Å²) in [5.41, 5.74) is 0.0708. The molecule has 1 aromatic carbocycles. The average Bonchev–Trinajstić information content (AvgIpc) is 2.38. The predicted molar refractivity (Wildman–Crippen MR) is 74.7 cm³/mol. The fraction of sp³-hybridized carbons (Fsp3) is 0.154. The predicted octanol–water partition coefficient (Wildman–Crippen LogP) is 0.624. The minimum absolute atomic E-state index is 0.201. The van der Waals surface area contributed by atoms with E-state index in [0.29, 0.717) is 11.4 Å². The molecule has 2 aromatic rings. The Morgan fingerprint density at radius 1 is 1.25 bits per heavy atom. The Labute approximate surface area is 114 Å². The SMILES string of the molecule is Cc1cc(=O)n(CNC(=O)Nc2ccccc2)c(=O)[nH]1. The van der Waals surface area contributed by atoms with E-state index in [1.807, 2.05) is 6.07 Å². The molecule has 0 aliphatic rings. The van der Waals surface area contributed by atoms with E-state index in [0.717, 1.165) is 4.57 Å². The monoisotopic (exact) mass is 274 g/mol. The van der Waals surface area contributed by atoms with E-state index >= 15 is 0 Å². The quantitative estimate of drug-likeness (QED) is 0.765. The zero-order valence-electron chi connectivity index (χ0n) is 10.8. The van der Waals surface area contributed by atoms with Crippen molar-refractivity contribution in [3.05, 3.63) is 62.9 Å². The van der Waals surface area contributed by atoms with Gasteiger partial charge in [-0.3, -0.25) is 4.79 Å². The van der Waals surface area contributed by atoms with Gasteiger partial charge in [-0.25, -0.2) is 14.2 Å². The third kappa shape index (κ3) is 3.35. The lowest BCUT2D eigenvalue weighted by Crippen LogP contribution is -2.42. The molecule has 0 saturated carbocycles. The molecule has 3 N–H and O–H groups in total. The molecule has 104 valence electrons. The molecule has 2 rings (SSSR count). The molecular weight excluding hydrogens is 260 g/mol. The summed E-state index contributed by atoms with van der Waals surface area (Å²) >= 11 is 0. The van der Waals surface area contributed by atoms with Crippen molar-refractivity contribution in [3.63, 3.8) is 0 Å². The Balaban J connectivity index is 2.01. The van der Waals surface area contributed by atoms with E-state index < -0.39 is 17.3 Å². The molecule has 1 heterocycles. The Bertz CT molecular complexity index is 687. The van der Waals surface area contributed by atoms with Gasteiger partial charge in [0.25, 0.3) is 5.56 Å². The molecule has 20 heavy (non-hydrogen) atoms. The molecule has 0 aliphatic heterocycles. The maximum atomic E-state index is 11.6. The second-order valence-corrected chi connectivity index (χ2v) is 4.18. The smallest absolute Gasteiger partial charge is 0.320 e. The minimum Gasteiger partial charge on any atom is -0.320 e. The number of aromatic amines is 1. The van der Waals surface area contributed by atoms with Gasteiger partial charge in [-0.15, -0.1) is 0 Å². The number of nitrogens with zero attached hydrogens (tertiary/aromatic N) is 1. The lowest BCUT2D eigenvalue weighted by Gasteiger charge is -2.08. The van der Waals surface area contributed by atoms with Crippen LogP contribution in [-0.4, -0.2) is 15.6 Å². The molecule has 0 radical (unpaired) electrons. The molecule has 0 unspecified atom stereocenters. The second kappa shape index (κ2) is 5.87. The van der Waals surface area contributed by atoms with Crippen LogP contribution in [0.3, 0.4) is 0 Å². The van der Waals surface area contributed by atoms with Crippen LogP contribution >= 0.6 is 0 Å². The number of aromatic nitrogens is 2. The van der Waals surface area contributed by atoms with Crippen LogP contribution in [0.15, 0.2) is 46.0 Å². The van der Waals surface area contributed by atoms with Crippen LogP contribution in [0.25, 0.3) is 0 Å². The first kappa shape index (κ1) is 13.6. The molecule has 0 bridgehead atoms. The van der Waals surface area contributed by atoms with Gasteiger partial charge in [-0.1, -0.05) is 18.2 Å². The van der Waals surface area contributed by atoms with E-state index in [4.69, 9.17) is 0 Å². The highest BCUT2D eigenvalue weighted by molar-refractivity contribution is 5.88. The minimum atomic E-state index is -0.560. The molecule has 7 nitrogen and oxygen atoms in total. The highest BCUT2D eigenvalue weighted by atomic mass is 16.2. The third-order valence-corrected chi connectivity index (χ3v) is 2.58. The molecule has 0 spiro atoms. The Morgan fingerprint density at radius 2 is 1.95 bits per heavy atom. The van der Waals surface area contributed by atoms with E-state index in [-0.39, 0.29) is 6.67 Å². The Kier molecular flexibility index (Phi) is 3.99. The summed E-state index contributed by atoms with van der Waals surface area (Å²) in [4.78, 5) is 37.3. The molecule has 0 aliphatic carbocycles. The third-order valence-electron chi connectivity index (χ3n) is 2.58. The highest BCUT2D eigenvalue weighted by Crippen LogP contribution is 2.03. The topological polar surface area (TPSA) is 96.0 Å². The number of carbonyl (C=O) groups excluding carboxylic acids is 1. The van der Waals surface area contributed by atoms with Gasteiger partial charge in [0.05, 0.1) is 0 Å². The average molecular weight is 274 g/mol. The van der Waals surface area contributed by atoms with E-state index in [1.54, 1.807) is 31.2 Å². The maximum Gasteiger partial charge on any atom is 0.330 e. The molecule has 1 aromatic heterocycles. The number of nitrogens with one attached hydrogen (secondary N) is 3. The van der Waals surface area contributed by atoms with Crippen LogP contribution in [0.4, 0.5) is 10.5 Å². The van der Waals surface area contributed by atoms with Crippen molar-refractivity contribution in [2.24, 2.45) is 0 Å². The lowest BCUT2D eigenvalue weighted by atomic mass is 10.3. The zero-order valence-corrected chi connectivity index (χ0v) is 10.8. The van der Waals surface area contributed by atoms with Gasteiger partial charge in [-0.2, -0.15) is 0 Å². The number of para-hydroxylation sites is 1. The van der Waals surface area contributed by atoms with Gasteiger partial charge in [0.2, 0.25) is 0 Å². The number of amides is 2. The molecule has 0 saturated heterocycles.